The Labute approximate surface area is 120 Å². The topological polar surface area (TPSA) is 35.2 Å². The van der Waals surface area contributed by atoms with Gasteiger partial charge in [0.05, 0.1) is 4.47 Å². The SMILES string of the molecule is CCC(N)c1cccc(Oc2ccc(Br)c(F)c2)c1. The Morgan fingerprint density at radius 3 is 2.63 bits per heavy atom. The monoisotopic (exact) mass is 323 g/mol. The predicted octanol–water partition coefficient (Wildman–Crippen LogP) is 4.79. The molecule has 2 rings (SSSR count). The van der Waals surface area contributed by atoms with E-state index in [1.807, 2.05) is 31.2 Å². The average molecular weight is 324 g/mol. The van der Waals surface area contributed by atoms with E-state index in [0.717, 1.165) is 12.0 Å². The summed E-state index contributed by atoms with van der Waals surface area (Å²) < 4.78 is 19.4. The molecule has 0 bridgehead atoms. The number of nitrogens with two attached hydrogens (primary N) is 1. The normalized spacial score (nSPS) is 12.2. The molecule has 2 aromatic carbocycles. The van der Waals surface area contributed by atoms with Crippen LogP contribution in [0.15, 0.2) is 46.9 Å². The quantitative estimate of drug-likeness (QED) is 0.877. The van der Waals surface area contributed by atoms with Crippen LogP contribution < -0.4 is 10.5 Å². The van der Waals surface area contributed by atoms with Crippen LogP contribution in [0.1, 0.15) is 24.9 Å². The van der Waals surface area contributed by atoms with Crippen LogP contribution in [0.25, 0.3) is 0 Å². The number of ether oxygens (including phenoxy) is 1. The van der Waals surface area contributed by atoms with Crippen molar-refractivity contribution in [1.29, 1.82) is 0 Å². The third-order valence-electron chi connectivity index (χ3n) is 2.85. The van der Waals surface area contributed by atoms with E-state index < -0.39 is 0 Å². The lowest BCUT2D eigenvalue weighted by atomic mass is 10.1. The van der Waals surface area contributed by atoms with E-state index in [1.165, 1.54) is 6.07 Å². The second-order valence-corrected chi connectivity index (χ2v) is 5.12. The highest BCUT2D eigenvalue weighted by molar-refractivity contribution is 9.10. The summed E-state index contributed by atoms with van der Waals surface area (Å²) in [7, 11) is 0. The summed E-state index contributed by atoms with van der Waals surface area (Å²) in [6.07, 6.45) is 0.858. The Balaban J connectivity index is 2.20. The van der Waals surface area contributed by atoms with Gasteiger partial charge < -0.3 is 10.5 Å². The number of benzene rings is 2. The number of hydrogen-bond acceptors (Lipinski definition) is 2. The largest absolute Gasteiger partial charge is 0.457 e. The van der Waals surface area contributed by atoms with Crippen molar-refractivity contribution in [2.24, 2.45) is 5.73 Å². The van der Waals surface area contributed by atoms with Crippen LogP contribution >= 0.6 is 15.9 Å². The van der Waals surface area contributed by atoms with Gasteiger partial charge in [-0.1, -0.05) is 19.1 Å². The predicted molar refractivity (Wildman–Crippen MR) is 77.8 cm³/mol. The van der Waals surface area contributed by atoms with Gasteiger partial charge in [-0.15, -0.1) is 0 Å². The second-order valence-electron chi connectivity index (χ2n) is 4.27. The molecule has 0 amide bonds. The molecule has 0 aliphatic carbocycles. The van der Waals surface area contributed by atoms with Gasteiger partial charge in [-0.05, 0) is 52.2 Å². The molecule has 2 N–H and O–H groups in total. The minimum absolute atomic E-state index is 0.00907. The van der Waals surface area contributed by atoms with Gasteiger partial charge in [-0.3, -0.25) is 0 Å². The molecule has 0 spiro atoms. The van der Waals surface area contributed by atoms with Crippen LogP contribution in [-0.2, 0) is 0 Å². The van der Waals surface area contributed by atoms with Crippen molar-refractivity contribution in [2.75, 3.05) is 0 Å². The fourth-order valence-corrected chi connectivity index (χ4v) is 1.97. The minimum Gasteiger partial charge on any atom is -0.457 e. The highest BCUT2D eigenvalue weighted by atomic mass is 79.9. The number of rotatable bonds is 4. The molecule has 0 saturated heterocycles. The van der Waals surface area contributed by atoms with Crippen molar-refractivity contribution >= 4 is 15.9 Å². The smallest absolute Gasteiger partial charge is 0.141 e. The molecular weight excluding hydrogens is 309 g/mol. The molecule has 2 nitrogen and oxygen atoms in total. The molecule has 0 aliphatic heterocycles. The zero-order valence-corrected chi connectivity index (χ0v) is 12.2. The highest BCUT2D eigenvalue weighted by Crippen LogP contribution is 2.27. The molecule has 0 heterocycles. The first-order valence-corrected chi connectivity index (χ1v) is 6.88. The van der Waals surface area contributed by atoms with Gasteiger partial charge in [0.1, 0.15) is 17.3 Å². The minimum atomic E-state index is -0.348. The summed E-state index contributed by atoms with van der Waals surface area (Å²) in [5.41, 5.74) is 6.99. The van der Waals surface area contributed by atoms with E-state index >= 15 is 0 Å². The lowest BCUT2D eigenvalue weighted by Crippen LogP contribution is -2.08. The van der Waals surface area contributed by atoms with Crippen molar-refractivity contribution in [2.45, 2.75) is 19.4 Å². The molecular formula is C15H15BrFNO. The van der Waals surface area contributed by atoms with Crippen molar-refractivity contribution in [3.8, 4) is 11.5 Å². The third kappa shape index (κ3) is 3.55. The van der Waals surface area contributed by atoms with Crippen LogP contribution in [0.4, 0.5) is 4.39 Å². The highest BCUT2D eigenvalue weighted by Gasteiger charge is 2.06. The Morgan fingerprint density at radius 2 is 1.95 bits per heavy atom. The number of hydrogen-bond donors (Lipinski definition) is 1. The summed E-state index contributed by atoms with van der Waals surface area (Å²) in [5, 5.41) is 0. The molecule has 2 aromatic rings. The second kappa shape index (κ2) is 6.17. The van der Waals surface area contributed by atoms with Crippen LogP contribution in [-0.4, -0.2) is 0 Å². The maximum atomic E-state index is 13.4. The van der Waals surface area contributed by atoms with Gasteiger partial charge in [0.15, 0.2) is 0 Å². The number of halogens is 2. The first kappa shape index (κ1) is 14.0. The molecule has 0 radical (unpaired) electrons. The van der Waals surface area contributed by atoms with Gasteiger partial charge >= 0.3 is 0 Å². The molecule has 100 valence electrons. The first-order chi connectivity index (χ1) is 9.10. The van der Waals surface area contributed by atoms with Crippen LogP contribution in [0.5, 0.6) is 11.5 Å². The zero-order valence-electron chi connectivity index (χ0n) is 10.6. The van der Waals surface area contributed by atoms with Gasteiger partial charge in [0.25, 0.3) is 0 Å². The summed E-state index contributed by atoms with van der Waals surface area (Å²) in [6.45, 7) is 2.03. The maximum absolute atomic E-state index is 13.4. The maximum Gasteiger partial charge on any atom is 0.141 e. The third-order valence-corrected chi connectivity index (χ3v) is 3.50. The molecule has 1 atom stereocenters. The molecule has 0 saturated carbocycles. The van der Waals surface area contributed by atoms with E-state index in [9.17, 15) is 4.39 Å². The Hall–Kier alpha value is -1.39. The molecule has 0 fully saturated rings. The van der Waals surface area contributed by atoms with Gasteiger partial charge in [0, 0.05) is 12.1 Å². The summed E-state index contributed by atoms with van der Waals surface area (Å²) in [5.74, 6) is 0.768. The van der Waals surface area contributed by atoms with Gasteiger partial charge in [-0.2, -0.15) is 0 Å². The molecule has 1 unspecified atom stereocenters. The van der Waals surface area contributed by atoms with Crippen molar-refractivity contribution in [1.82, 2.24) is 0 Å². The van der Waals surface area contributed by atoms with Crippen LogP contribution in [0.2, 0.25) is 0 Å². The average Bonchev–Trinajstić information content (AvgIpc) is 2.42. The molecule has 0 aromatic heterocycles. The first-order valence-electron chi connectivity index (χ1n) is 6.08. The lowest BCUT2D eigenvalue weighted by Gasteiger charge is -2.12. The van der Waals surface area contributed by atoms with Crippen molar-refractivity contribution in [3.05, 3.63) is 58.3 Å². The van der Waals surface area contributed by atoms with E-state index in [1.54, 1.807) is 12.1 Å². The van der Waals surface area contributed by atoms with Crippen molar-refractivity contribution in [3.63, 3.8) is 0 Å². The van der Waals surface area contributed by atoms with Gasteiger partial charge in [0.2, 0.25) is 0 Å². The molecule has 0 aliphatic rings. The van der Waals surface area contributed by atoms with E-state index in [4.69, 9.17) is 10.5 Å². The Kier molecular flexibility index (Phi) is 4.56. The fourth-order valence-electron chi connectivity index (χ4n) is 1.72. The van der Waals surface area contributed by atoms with E-state index in [2.05, 4.69) is 15.9 Å². The lowest BCUT2D eigenvalue weighted by molar-refractivity contribution is 0.474. The molecule has 19 heavy (non-hydrogen) atoms. The Morgan fingerprint density at radius 1 is 1.21 bits per heavy atom. The molecule has 4 heteroatoms. The van der Waals surface area contributed by atoms with Gasteiger partial charge in [-0.25, -0.2) is 4.39 Å². The Bertz CT molecular complexity index is 574. The zero-order chi connectivity index (χ0) is 13.8. The summed E-state index contributed by atoms with van der Waals surface area (Å²) in [4.78, 5) is 0. The van der Waals surface area contributed by atoms with E-state index in [-0.39, 0.29) is 11.9 Å². The standard InChI is InChI=1S/C15H15BrFNO/c1-2-15(18)10-4-3-5-11(8-10)19-12-6-7-13(16)14(17)9-12/h3-9,15H,2,18H2,1H3. The van der Waals surface area contributed by atoms with Crippen LogP contribution in [0, 0.1) is 5.82 Å². The van der Waals surface area contributed by atoms with E-state index in [0.29, 0.717) is 16.0 Å². The summed E-state index contributed by atoms with van der Waals surface area (Å²) >= 11 is 3.11. The van der Waals surface area contributed by atoms with Crippen molar-refractivity contribution < 1.29 is 9.13 Å². The van der Waals surface area contributed by atoms with Crippen LogP contribution in [0.3, 0.4) is 0 Å². The summed E-state index contributed by atoms with van der Waals surface area (Å²) in [6, 6.07) is 12.2. The fraction of sp³-hybridized carbons (Fsp3) is 0.200.